The number of nitrogens with zero attached hydrogens (tertiary/aromatic N) is 4. The van der Waals surface area contributed by atoms with E-state index in [9.17, 15) is 9.18 Å². The van der Waals surface area contributed by atoms with Crippen LogP contribution < -0.4 is 5.32 Å². The molecular weight excluding hydrogens is 369 g/mol. The van der Waals surface area contributed by atoms with Crippen molar-refractivity contribution in [2.45, 2.75) is 6.54 Å². The van der Waals surface area contributed by atoms with Gasteiger partial charge in [0.1, 0.15) is 11.5 Å². The van der Waals surface area contributed by atoms with Gasteiger partial charge in [-0.15, -0.1) is 0 Å². The SMILES string of the molecule is O=C(NCCn1cc(-c2ccncc2)c(-c2ccc(F)cc2)n1)c1cccnc1. The molecule has 1 N–H and O–H groups in total. The summed E-state index contributed by atoms with van der Waals surface area (Å²) in [6, 6.07) is 13.5. The van der Waals surface area contributed by atoms with Gasteiger partial charge in [-0.05, 0) is 54.1 Å². The summed E-state index contributed by atoms with van der Waals surface area (Å²) in [5.74, 6) is -0.477. The third-order valence-electron chi connectivity index (χ3n) is 4.42. The van der Waals surface area contributed by atoms with E-state index in [4.69, 9.17) is 0 Å². The van der Waals surface area contributed by atoms with E-state index in [1.165, 1.54) is 18.3 Å². The van der Waals surface area contributed by atoms with Crippen LogP contribution in [0.1, 0.15) is 10.4 Å². The predicted molar refractivity (Wildman–Crippen MR) is 107 cm³/mol. The molecule has 0 saturated heterocycles. The van der Waals surface area contributed by atoms with Crippen LogP contribution in [0.15, 0.2) is 79.5 Å². The van der Waals surface area contributed by atoms with E-state index < -0.39 is 0 Å². The number of amides is 1. The molecule has 6 nitrogen and oxygen atoms in total. The average molecular weight is 387 g/mol. The maximum absolute atomic E-state index is 13.3. The molecule has 1 amide bonds. The molecule has 0 spiro atoms. The first-order chi connectivity index (χ1) is 14.2. The lowest BCUT2D eigenvalue weighted by atomic mass is 10.0. The number of carbonyl (C=O) groups is 1. The van der Waals surface area contributed by atoms with Gasteiger partial charge >= 0.3 is 0 Å². The van der Waals surface area contributed by atoms with Gasteiger partial charge in [0.25, 0.3) is 5.91 Å². The van der Waals surface area contributed by atoms with Crippen LogP contribution in [0.5, 0.6) is 0 Å². The molecule has 7 heteroatoms. The van der Waals surface area contributed by atoms with Gasteiger partial charge in [-0.3, -0.25) is 19.4 Å². The second-order valence-corrected chi connectivity index (χ2v) is 6.39. The van der Waals surface area contributed by atoms with Crippen molar-refractivity contribution in [1.29, 1.82) is 0 Å². The highest BCUT2D eigenvalue weighted by Crippen LogP contribution is 2.30. The highest BCUT2D eigenvalue weighted by atomic mass is 19.1. The number of halogens is 1. The second kappa shape index (κ2) is 8.43. The Balaban J connectivity index is 1.55. The minimum Gasteiger partial charge on any atom is -0.350 e. The summed E-state index contributed by atoms with van der Waals surface area (Å²) in [6.07, 6.45) is 8.50. The number of pyridine rings is 2. The van der Waals surface area contributed by atoms with Crippen LogP contribution in [-0.4, -0.2) is 32.2 Å². The van der Waals surface area contributed by atoms with Gasteiger partial charge in [-0.1, -0.05) is 0 Å². The lowest BCUT2D eigenvalue weighted by Crippen LogP contribution is -2.27. The molecule has 4 rings (SSSR count). The molecule has 0 aliphatic heterocycles. The molecule has 3 aromatic heterocycles. The summed E-state index contributed by atoms with van der Waals surface area (Å²) in [5.41, 5.74) is 3.95. The molecule has 0 aliphatic rings. The maximum atomic E-state index is 13.3. The van der Waals surface area contributed by atoms with E-state index in [1.807, 2.05) is 18.3 Å². The standard InChI is InChI=1S/C22H18FN5O/c23-19-5-3-17(4-6-19)21-20(16-7-10-24-11-8-16)15-28(27-21)13-12-26-22(29)18-2-1-9-25-14-18/h1-11,14-15H,12-13H2,(H,26,29). The number of carbonyl (C=O) groups excluding carboxylic acids is 1. The van der Waals surface area contributed by atoms with Crippen molar-refractivity contribution in [3.8, 4) is 22.4 Å². The number of hydrogen-bond donors (Lipinski definition) is 1. The zero-order valence-corrected chi connectivity index (χ0v) is 15.5. The van der Waals surface area contributed by atoms with Crippen LogP contribution in [0.3, 0.4) is 0 Å². The molecule has 0 unspecified atom stereocenters. The van der Waals surface area contributed by atoms with Crippen LogP contribution in [0.25, 0.3) is 22.4 Å². The summed E-state index contributed by atoms with van der Waals surface area (Å²) in [7, 11) is 0. The molecular formula is C22H18FN5O. The van der Waals surface area contributed by atoms with E-state index in [1.54, 1.807) is 47.5 Å². The molecule has 29 heavy (non-hydrogen) atoms. The number of rotatable bonds is 6. The molecule has 0 fully saturated rings. The Morgan fingerprint density at radius 3 is 2.48 bits per heavy atom. The molecule has 0 radical (unpaired) electrons. The summed E-state index contributed by atoms with van der Waals surface area (Å²) in [4.78, 5) is 20.2. The zero-order chi connectivity index (χ0) is 20.1. The lowest BCUT2D eigenvalue weighted by molar-refractivity contribution is 0.0951. The summed E-state index contributed by atoms with van der Waals surface area (Å²) in [5, 5.41) is 7.53. The summed E-state index contributed by atoms with van der Waals surface area (Å²) < 4.78 is 15.1. The predicted octanol–water partition coefficient (Wildman–Crippen LogP) is 3.58. The topological polar surface area (TPSA) is 72.7 Å². The average Bonchev–Trinajstić information content (AvgIpc) is 3.19. The van der Waals surface area contributed by atoms with Gasteiger partial charge in [0.2, 0.25) is 0 Å². The quantitative estimate of drug-likeness (QED) is 0.549. The summed E-state index contributed by atoms with van der Waals surface area (Å²) >= 11 is 0. The van der Waals surface area contributed by atoms with E-state index in [-0.39, 0.29) is 11.7 Å². The Hall–Kier alpha value is -3.87. The van der Waals surface area contributed by atoms with E-state index >= 15 is 0 Å². The molecule has 4 aromatic rings. The molecule has 0 bridgehead atoms. The van der Waals surface area contributed by atoms with E-state index in [0.717, 1.165) is 22.4 Å². The fourth-order valence-electron chi connectivity index (χ4n) is 2.98. The van der Waals surface area contributed by atoms with Crippen LogP contribution >= 0.6 is 0 Å². The van der Waals surface area contributed by atoms with Gasteiger partial charge in [-0.2, -0.15) is 5.10 Å². The highest BCUT2D eigenvalue weighted by molar-refractivity contribution is 5.93. The maximum Gasteiger partial charge on any atom is 0.252 e. The van der Waals surface area contributed by atoms with Crippen molar-refractivity contribution < 1.29 is 9.18 Å². The van der Waals surface area contributed by atoms with Gasteiger partial charge < -0.3 is 5.32 Å². The minimum atomic E-state index is -0.295. The Bertz CT molecular complexity index is 1100. The zero-order valence-electron chi connectivity index (χ0n) is 15.5. The smallest absolute Gasteiger partial charge is 0.252 e. The van der Waals surface area contributed by atoms with Crippen LogP contribution in [0, 0.1) is 5.82 Å². The summed E-state index contributed by atoms with van der Waals surface area (Å²) in [6.45, 7) is 0.902. The van der Waals surface area contributed by atoms with Crippen molar-refractivity contribution in [2.75, 3.05) is 6.54 Å². The number of benzene rings is 1. The number of nitrogens with one attached hydrogen (secondary N) is 1. The Morgan fingerprint density at radius 2 is 1.76 bits per heavy atom. The van der Waals surface area contributed by atoms with Crippen LogP contribution in [0.4, 0.5) is 4.39 Å². The molecule has 1 aromatic carbocycles. The van der Waals surface area contributed by atoms with Gasteiger partial charge in [0, 0.05) is 48.7 Å². The molecule has 144 valence electrons. The normalized spacial score (nSPS) is 10.7. The monoisotopic (exact) mass is 387 g/mol. The number of hydrogen-bond acceptors (Lipinski definition) is 4. The third kappa shape index (κ3) is 4.35. The van der Waals surface area contributed by atoms with Crippen molar-refractivity contribution in [3.05, 3.63) is 90.9 Å². The Labute approximate surface area is 167 Å². The highest BCUT2D eigenvalue weighted by Gasteiger charge is 2.14. The largest absolute Gasteiger partial charge is 0.350 e. The second-order valence-electron chi connectivity index (χ2n) is 6.39. The third-order valence-corrected chi connectivity index (χ3v) is 4.42. The van der Waals surface area contributed by atoms with Gasteiger partial charge in [-0.25, -0.2) is 4.39 Å². The molecule has 0 atom stereocenters. The lowest BCUT2D eigenvalue weighted by Gasteiger charge is -2.05. The van der Waals surface area contributed by atoms with Crippen molar-refractivity contribution in [2.24, 2.45) is 0 Å². The molecule has 0 saturated carbocycles. The molecule has 0 aliphatic carbocycles. The fourth-order valence-corrected chi connectivity index (χ4v) is 2.98. The van der Waals surface area contributed by atoms with Crippen molar-refractivity contribution >= 4 is 5.91 Å². The van der Waals surface area contributed by atoms with Gasteiger partial charge in [0.05, 0.1) is 12.1 Å². The Morgan fingerprint density at radius 1 is 0.966 bits per heavy atom. The van der Waals surface area contributed by atoms with Crippen LogP contribution in [-0.2, 0) is 6.54 Å². The first-order valence-corrected chi connectivity index (χ1v) is 9.13. The first kappa shape index (κ1) is 18.5. The van der Waals surface area contributed by atoms with Crippen LogP contribution in [0.2, 0.25) is 0 Å². The fraction of sp³-hybridized carbons (Fsp3) is 0.0909. The Kier molecular flexibility index (Phi) is 5.38. The van der Waals surface area contributed by atoms with E-state index in [0.29, 0.717) is 18.7 Å². The first-order valence-electron chi connectivity index (χ1n) is 9.13. The van der Waals surface area contributed by atoms with E-state index in [2.05, 4.69) is 20.4 Å². The van der Waals surface area contributed by atoms with Crippen molar-refractivity contribution in [3.63, 3.8) is 0 Å². The number of aromatic nitrogens is 4. The van der Waals surface area contributed by atoms with Gasteiger partial charge in [0.15, 0.2) is 0 Å². The molecule has 3 heterocycles. The van der Waals surface area contributed by atoms with Crippen molar-refractivity contribution in [1.82, 2.24) is 25.1 Å². The minimum absolute atomic E-state index is 0.182.